The summed E-state index contributed by atoms with van der Waals surface area (Å²) in [6, 6.07) is 5.48. The third kappa shape index (κ3) is 2.30. The maximum absolute atomic E-state index is 3.63. The molecule has 72 valence electrons. The maximum atomic E-state index is 3.63. The Hall–Kier alpha value is -0.380. The Kier molecular flexibility index (Phi) is 2.98. The van der Waals surface area contributed by atoms with Crippen LogP contribution >= 0.6 is 11.3 Å². The van der Waals surface area contributed by atoms with Gasteiger partial charge in [0.15, 0.2) is 0 Å². The fraction of sp³-hybridized carbons (Fsp3) is 0.600. The lowest BCUT2D eigenvalue weighted by Crippen LogP contribution is -2.32. The molecule has 1 aliphatic rings. The highest BCUT2D eigenvalue weighted by atomic mass is 32.1. The van der Waals surface area contributed by atoms with E-state index in [-0.39, 0.29) is 0 Å². The van der Waals surface area contributed by atoms with Gasteiger partial charge in [-0.05, 0) is 31.3 Å². The Morgan fingerprint density at radius 3 is 3.23 bits per heavy atom. The van der Waals surface area contributed by atoms with Crippen LogP contribution in [0.15, 0.2) is 17.5 Å². The second-order valence-electron chi connectivity index (χ2n) is 3.59. The molecule has 1 aromatic rings. The molecule has 0 spiro atoms. The molecule has 1 saturated heterocycles. The standard InChI is InChI=1S/C10H16N2S/c1-8(10-3-2-6-13-10)12-9-4-5-11-7-9/h2-3,6,8-9,11-12H,4-5,7H2,1H3/t8-,9-/m0/s1. The quantitative estimate of drug-likeness (QED) is 0.770. The summed E-state index contributed by atoms with van der Waals surface area (Å²) < 4.78 is 0. The highest BCUT2D eigenvalue weighted by Crippen LogP contribution is 2.19. The smallest absolute Gasteiger partial charge is 0.0388 e. The largest absolute Gasteiger partial charge is 0.315 e. The molecule has 13 heavy (non-hydrogen) atoms. The molecule has 2 N–H and O–H groups in total. The minimum atomic E-state index is 0.505. The lowest BCUT2D eigenvalue weighted by Gasteiger charge is -2.17. The predicted molar refractivity (Wildman–Crippen MR) is 57.1 cm³/mol. The van der Waals surface area contributed by atoms with Crippen LogP contribution in [0.25, 0.3) is 0 Å². The molecule has 0 amide bonds. The lowest BCUT2D eigenvalue weighted by atomic mass is 10.2. The van der Waals surface area contributed by atoms with E-state index in [1.54, 1.807) is 0 Å². The van der Waals surface area contributed by atoms with Crippen LogP contribution < -0.4 is 10.6 Å². The van der Waals surface area contributed by atoms with Crippen LogP contribution in [0.2, 0.25) is 0 Å². The van der Waals surface area contributed by atoms with Gasteiger partial charge in [0.2, 0.25) is 0 Å². The van der Waals surface area contributed by atoms with Crippen LogP contribution in [0.4, 0.5) is 0 Å². The van der Waals surface area contributed by atoms with Crippen LogP contribution in [0, 0.1) is 0 Å². The zero-order chi connectivity index (χ0) is 9.10. The highest BCUT2D eigenvalue weighted by Gasteiger charge is 2.17. The second kappa shape index (κ2) is 4.22. The Labute approximate surface area is 83.4 Å². The van der Waals surface area contributed by atoms with Crippen LogP contribution in [0.1, 0.15) is 24.3 Å². The maximum Gasteiger partial charge on any atom is 0.0388 e. The van der Waals surface area contributed by atoms with Crippen molar-refractivity contribution in [3.05, 3.63) is 22.4 Å². The Bertz CT molecular complexity index is 239. The van der Waals surface area contributed by atoms with Crippen LogP contribution in [0.5, 0.6) is 0 Å². The number of hydrogen-bond acceptors (Lipinski definition) is 3. The van der Waals surface area contributed by atoms with E-state index >= 15 is 0 Å². The molecular formula is C10H16N2S. The van der Waals surface area contributed by atoms with Gasteiger partial charge in [-0.25, -0.2) is 0 Å². The van der Waals surface area contributed by atoms with Gasteiger partial charge in [-0.3, -0.25) is 0 Å². The zero-order valence-corrected chi connectivity index (χ0v) is 8.73. The molecule has 1 aromatic heterocycles. The van der Waals surface area contributed by atoms with E-state index in [1.807, 2.05) is 11.3 Å². The normalized spacial score (nSPS) is 24.8. The van der Waals surface area contributed by atoms with Gasteiger partial charge in [0.1, 0.15) is 0 Å². The monoisotopic (exact) mass is 196 g/mol. The molecule has 2 atom stereocenters. The van der Waals surface area contributed by atoms with Gasteiger partial charge in [0, 0.05) is 23.5 Å². The van der Waals surface area contributed by atoms with E-state index in [9.17, 15) is 0 Å². The molecule has 0 unspecified atom stereocenters. The molecule has 0 saturated carbocycles. The van der Waals surface area contributed by atoms with E-state index in [2.05, 4.69) is 35.1 Å². The molecular weight excluding hydrogens is 180 g/mol. The SMILES string of the molecule is C[C@H](N[C@H]1CCNC1)c1cccs1. The van der Waals surface area contributed by atoms with Gasteiger partial charge in [0.25, 0.3) is 0 Å². The topological polar surface area (TPSA) is 24.1 Å². The first-order chi connectivity index (χ1) is 6.36. The first-order valence-electron chi connectivity index (χ1n) is 4.86. The molecule has 2 heterocycles. The molecule has 3 heteroatoms. The fourth-order valence-electron chi connectivity index (χ4n) is 1.77. The first-order valence-corrected chi connectivity index (χ1v) is 5.74. The van der Waals surface area contributed by atoms with Gasteiger partial charge in [-0.15, -0.1) is 11.3 Å². The summed E-state index contributed by atoms with van der Waals surface area (Å²) in [6.07, 6.45) is 1.26. The van der Waals surface area contributed by atoms with Crippen LogP contribution in [0.3, 0.4) is 0 Å². The van der Waals surface area contributed by atoms with Crippen molar-refractivity contribution >= 4 is 11.3 Å². The molecule has 2 nitrogen and oxygen atoms in total. The molecule has 1 fully saturated rings. The van der Waals surface area contributed by atoms with Crippen molar-refractivity contribution < 1.29 is 0 Å². The second-order valence-corrected chi connectivity index (χ2v) is 4.57. The number of nitrogens with one attached hydrogen (secondary N) is 2. The molecule has 0 aliphatic carbocycles. The van der Waals surface area contributed by atoms with E-state index in [4.69, 9.17) is 0 Å². The van der Waals surface area contributed by atoms with E-state index < -0.39 is 0 Å². The third-order valence-corrected chi connectivity index (χ3v) is 3.57. The van der Waals surface area contributed by atoms with Gasteiger partial charge in [-0.1, -0.05) is 6.07 Å². The van der Waals surface area contributed by atoms with Crippen molar-refractivity contribution in [2.75, 3.05) is 13.1 Å². The minimum Gasteiger partial charge on any atom is -0.315 e. The summed E-state index contributed by atoms with van der Waals surface area (Å²) in [5.41, 5.74) is 0. The molecule has 0 aromatic carbocycles. The van der Waals surface area contributed by atoms with Gasteiger partial charge < -0.3 is 10.6 Å². The van der Waals surface area contributed by atoms with Crippen LogP contribution in [-0.4, -0.2) is 19.1 Å². The summed E-state index contributed by atoms with van der Waals surface area (Å²) in [5.74, 6) is 0. The number of thiophene rings is 1. The van der Waals surface area contributed by atoms with Gasteiger partial charge >= 0.3 is 0 Å². The van der Waals surface area contributed by atoms with E-state index in [0.717, 1.165) is 13.1 Å². The minimum absolute atomic E-state index is 0.505. The van der Waals surface area contributed by atoms with Gasteiger partial charge in [0.05, 0.1) is 0 Å². The molecule has 0 radical (unpaired) electrons. The third-order valence-electron chi connectivity index (χ3n) is 2.52. The van der Waals surface area contributed by atoms with Gasteiger partial charge in [-0.2, -0.15) is 0 Å². The highest BCUT2D eigenvalue weighted by molar-refractivity contribution is 7.10. The average Bonchev–Trinajstić information content (AvgIpc) is 2.74. The predicted octanol–water partition coefficient (Wildman–Crippen LogP) is 1.76. The summed E-state index contributed by atoms with van der Waals surface area (Å²) >= 11 is 1.83. The van der Waals surface area contributed by atoms with Crippen molar-refractivity contribution in [3.63, 3.8) is 0 Å². The average molecular weight is 196 g/mol. The molecule has 2 rings (SSSR count). The molecule has 1 aliphatic heterocycles. The zero-order valence-electron chi connectivity index (χ0n) is 7.92. The number of hydrogen-bond donors (Lipinski definition) is 2. The Balaban J connectivity index is 1.87. The van der Waals surface area contributed by atoms with Crippen molar-refractivity contribution in [3.8, 4) is 0 Å². The van der Waals surface area contributed by atoms with Crippen molar-refractivity contribution in [1.82, 2.24) is 10.6 Å². The van der Waals surface area contributed by atoms with E-state index in [0.29, 0.717) is 12.1 Å². The van der Waals surface area contributed by atoms with E-state index in [1.165, 1.54) is 11.3 Å². The summed E-state index contributed by atoms with van der Waals surface area (Å²) in [4.78, 5) is 1.44. The van der Waals surface area contributed by atoms with Crippen molar-refractivity contribution in [1.29, 1.82) is 0 Å². The van der Waals surface area contributed by atoms with Crippen LogP contribution in [-0.2, 0) is 0 Å². The van der Waals surface area contributed by atoms with Crippen molar-refractivity contribution in [2.24, 2.45) is 0 Å². The Morgan fingerprint density at radius 1 is 1.69 bits per heavy atom. The molecule has 0 bridgehead atoms. The summed E-state index contributed by atoms with van der Waals surface area (Å²) in [5, 5.41) is 9.13. The lowest BCUT2D eigenvalue weighted by molar-refractivity contribution is 0.483. The summed E-state index contributed by atoms with van der Waals surface area (Å²) in [6.45, 7) is 4.52. The Morgan fingerprint density at radius 2 is 2.62 bits per heavy atom. The number of rotatable bonds is 3. The first kappa shape index (κ1) is 9.19. The fourth-order valence-corrected chi connectivity index (χ4v) is 2.51. The van der Waals surface area contributed by atoms with Crippen molar-refractivity contribution in [2.45, 2.75) is 25.4 Å². The summed E-state index contributed by atoms with van der Waals surface area (Å²) in [7, 11) is 0.